The zero-order chi connectivity index (χ0) is 16.6. The first kappa shape index (κ1) is 15.0. The number of likely N-dealkylation sites (tertiary alicyclic amines) is 1. The third-order valence-electron chi connectivity index (χ3n) is 4.94. The van der Waals surface area contributed by atoms with E-state index in [1.54, 1.807) is 23.3 Å². The fourth-order valence-corrected chi connectivity index (χ4v) is 3.51. The van der Waals surface area contributed by atoms with Gasteiger partial charge in [0.15, 0.2) is 0 Å². The van der Waals surface area contributed by atoms with Crippen LogP contribution in [-0.4, -0.2) is 38.6 Å². The normalized spacial score (nSPS) is 18.0. The molecule has 24 heavy (non-hydrogen) atoms. The van der Waals surface area contributed by atoms with Gasteiger partial charge in [-0.15, -0.1) is 0 Å². The number of fused-ring (bicyclic) bond motifs is 1. The Hall–Kier alpha value is -2.60. The van der Waals surface area contributed by atoms with Gasteiger partial charge in [-0.2, -0.15) is 0 Å². The van der Waals surface area contributed by atoms with Crippen molar-refractivity contribution in [3.05, 3.63) is 54.8 Å². The minimum atomic E-state index is -0.888. The van der Waals surface area contributed by atoms with Gasteiger partial charge >= 0.3 is 5.97 Å². The van der Waals surface area contributed by atoms with Crippen molar-refractivity contribution in [1.82, 2.24) is 14.5 Å². The number of carboxylic acid groups (broad SMARTS) is 1. The van der Waals surface area contributed by atoms with Crippen LogP contribution >= 0.6 is 0 Å². The number of aliphatic carboxylic acids is 1. The highest BCUT2D eigenvalue weighted by molar-refractivity contribution is 5.78. The molecular weight excluding hydrogens is 306 g/mol. The molecule has 0 bridgehead atoms. The third kappa shape index (κ3) is 2.49. The molecule has 1 aromatic carbocycles. The van der Waals surface area contributed by atoms with Crippen LogP contribution in [0.25, 0.3) is 11.0 Å². The minimum Gasteiger partial charge on any atom is -0.479 e. The van der Waals surface area contributed by atoms with Crippen molar-refractivity contribution in [2.75, 3.05) is 13.1 Å². The number of imidazole rings is 1. The van der Waals surface area contributed by atoms with Crippen LogP contribution in [0.3, 0.4) is 0 Å². The maximum Gasteiger partial charge on any atom is 0.330 e. The van der Waals surface area contributed by atoms with Crippen molar-refractivity contribution in [1.29, 1.82) is 0 Å². The van der Waals surface area contributed by atoms with E-state index in [1.807, 2.05) is 24.3 Å². The van der Waals surface area contributed by atoms with E-state index in [0.717, 1.165) is 16.7 Å². The Morgan fingerprint density at radius 2 is 2.08 bits per heavy atom. The Kier molecular flexibility index (Phi) is 3.61. The number of furan rings is 1. The van der Waals surface area contributed by atoms with Gasteiger partial charge in [0.05, 0.1) is 12.9 Å². The summed E-state index contributed by atoms with van der Waals surface area (Å²) in [5, 5.41) is 10.8. The maximum absolute atomic E-state index is 11.9. The van der Waals surface area contributed by atoms with Crippen molar-refractivity contribution < 1.29 is 14.3 Å². The van der Waals surface area contributed by atoms with Crippen LogP contribution in [0.2, 0.25) is 0 Å². The van der Waals surface area contributed by atoms with Gasteiger partial charge in [-0.05, 0) is 25.0 Å². The number of benzene rings is 1. The molecule has 1 aliphatic rings. The molecule has 0 aliphatic carbocycles. The lowest BCUT2D eigenvalue weighted by atomic mass is 9.87. The van der Waals surface area contributed by atoms with Gasteiger partial charge in [-0.25, -0.2) is 9.78 Å². The fourth-order valence-electron chi connectivity index (χ4n) is 3.51. The van der Waals surface area contributed by atoms with Crippen LogP contribution in [-0.2, 0) is 16.9 Å². The average molecular weight is 325 g/mol. The number of nitrogens with zero attached hydrogens (tertiary/aromatic N) is 3. The molecule has 3 aromatic rings. The summed E-state index contributed by atoms with van der Waals surface area (Å²) in [5.74, 6) is 0.130. The monoisotopic (exact) mass is 325 g/mol. The first-order valence-electron chi connectivity index (χ1n) is 8.09. The first-order valence-corrected chi connectivity index (χ1v) is 8.09. The molecule has 0 spiro atoms. The highest BCUT2D eigenvalue weighted by atomic mass is 16.4. The number of piperidine rings is 1. The lowest BCUT2D eigenvalue weighted by Crippen LogP contribution is -2.50. The molecule has 0 atom stereocenters. The molecule has 124 valence electrons. The topological polar surface area (TPSA) is 71.5 Å². The molecule has 0 saturated carbocycles. The summed E-state index contributed by atoms with van der Waals surface area (Å²) in [7, 11) is 0. The number of carboxylic acids is 1. The zero-order valence-electron chi connectivity index (χ0n) is 13.3. The summed E-state index contributed by atoms with van der Waals surface area (Å²) in [6.07, 6.45) is 6.08. The molecule has 0 radical (unpaired) electrons. The summed E-state index contributed by atoms with van der Waals surface area (Å²) in [6.45, 7) is 2.12. The van der Waals surface area contributed by atoms with E-state index in [-0.39, 0.29) is 0 Å². The summed E-state index contributed by atoms with van der Waals surface area (Å²) < 4.78 is 7.60. The Balaban J connectivity index is 1.48. The SMILES string of the molecule is O=C(O)C1(n2ccnc2)CCN(Cc2cc3ccccc3o2)CC1. The van der Waals surface area contributed by atoms with Gasteiger partial charge in [0, 0.05) is 30.9 Å². The van der Waals surface area contributed by atoms with Gasteiger partial charge in [0.25, 0.3) is 0 Å². The van der Waals surface area contributed by atoms with E-state index in [0.29, 0.717) is 32.5 Å². The second kappa shape index (κ2) is 5.79. The van der Waals surface area contributed by atoms with Crippen LogP contribution in [0.15, 0.2) is 53.5 Å². The van der Waals surface area contributed by atoms with Crippen LogP contribution < -0.4 is 0 Å². The fraction of sp³-hybridized carbons (Fsp3) is 0.333. The molecule has 6 nitrogen and oxygen atoms in total. The lowest BCUT2D eigenvalue weighted by molar-refractivity contribution is -0.150. The lowest BCUT2D eigenvalue weighted by Gasteiger charge is -2.39. The van der Waals surface area contributed by atoms with Gasteiger partial charge < -0.3 is 14.1 Å². The van der Waals surface area contributed by atoms with E-state index in [4.69, 9.17) is 4.42 Å². The molecule has 2 aromatic heterocycles. The molecule has 1 saturated heterocycles. The highest BCUT2D eigenvalue weighted by Crippen LogP contribution is 2.31. The quantitative estimate of drug-likeness (QED) is 0.798. The minimum absolute atomic E-state index is 0.554. The first-order chi connectivity index (χ1) is 11.7. The van der Waals surface area contributed by atoms with Crippen LogP contribution in [0.1, 0.15) is 18.6 Å². The van der Waals surface area contributed by atoms with Crippen LogP contribution in [0.4, 0.5) is 0 Å². The van der Waals surface area contributed by atoms with Crippen molar-refractivity contribution in [2.24, 2.45) is 0 Å². The van der Waals surface area contributed by atoms with Gasteiger partial charge in [-0.3, -0.25) is 4.90 Å². The van der Waals surface area contributed by atoms with Crippen molar-refractivity contribution in [3.63, 3.8) is 0 Å². The molecule has 1 aliphatic heterocycles. The van der Waals surface area contributed by atoms with E-state index >= 15 is 0 Å². The van der Waals surface area contributed by atoms with E-state index in [1.165, 1.54) is 0 Å². The third-order valence-corrected chi connectivity index (χ3v) is 4.94. The summed E-state index contributed by atoms with van der Waals surface area (Å²) >= 11 is 0. The molecule has 3 heterocycles. The molecule has 6 heteroatoms. The van der Waals surface area contributed by atoms with Crippen molar-refractivity contribution in [2.45, 2.75) is 24.9 Å². The number of hydrogen-bond donors (Lipinski definition) is 1. The predicted molar refractivity (Wildman–Crippen MR) is 88.6 cm³/mol. The highest BCUT2D eigenvalue weighted by Gasteiger charge is 2.43. The van der Waals surface area contributed by atoms with Crippen LogP contribution in [0, 0.1) is 0 Å². The van der Waals surface area contributed by atoms with Crippen molar-refractivity contribution >= 4 is 16.9 Å². The number of hydrogen-bond acceptors (Lipinski definition) is 4. The predicted octanol–water partition coefficient (Wildman–Crippen LogP) is 2.71. The van der Waals surface area contributed by atoms with Crippen molar-refractivity contribution in [3.8, 4) is 0 Å². The molecule has 1 fully saturated rings. The molecular formula is C18H19N3O3. The maximum atomic E-state index is 11.9. The molecule has 0 amide bonds. The standard InChI is InChI=1S/C18H19N3O3/c22-17(23)18(21-10-7-19-13-21)5-8-20(9-6-18)12-15-11-14-3-1-2-4-16(14)24-15/h1-4,7,10-11,13H,5-6,8-9,12H2,(H,22,23). The number of aromatic nitrogens is 2. The zero-order valence-corrected chi connectivity index (χ0v) is 13.3. The molecule has 4 rings (SSSR count). The average Bonchev–Trinajstić information content (AvgIpc) is 3.24. The van der Waals surface area contributed by atoms with E-state index < -0.39 is 11.5 Å². The largest absolute Gasteiger partial charge is 0.479 e. The Morgan fingerprint density at radius 3 is 2.75 bits per heavy atom. The smallest absolute Gasteiger partial charge is 0.330 e. The summed E-state index contributed by atoms with van der Waals surface area (Å²) in [4.78, 5) is 18.1. The van der Waals surface area contributed by atoms with E-state index in [2.05, 4.69) is 16.0 Å². The Morgan fingerprint density at radius 1 is 1.29 bits per heavy atom. The summed E-state index contributed by atoms with van der Waals surface area (Å²) in [6, 6.07) is 10.0. The van der Waals surface area contributed by atoms with E-state index in [9.17, 15) is 9.90 Å². The van der Waals surface area contributed by atoms with Gasteiger partial charge in [0.1, 0.15) is 16.9 Å². The summed E-state index contributed by atoms with van der Waals surface area (Å²) in [5.41, 5.74) is 0.00347. The molecule has 1 N–H and O–H groups in total. The number of rotatable bonds is 4. The van der Waals surface area contributed by atoms with Crippen LogP contribution in [0.5, 0.6) is 0 Å². The number of para-hydroxylation sites is 1. The number of carbonyl (C=O) groups is 1. The second-order valence-electron chi connectivity index (χ2n) is 6.33. The second-order valence-corrected chi connectivity index (χ2v) is 6.33. The molecule has 0 unspecified atom stereocenters. The Bertz CT molecular complexity index is 812. The van der Waals surface area contributed by atoms with Gasteiger partial charge in [0.2, 0.25) is 0 Å². The van der Waals surface area contributed by atoms with Gasteiger partial charge in [-0.1, -0.05) is 18.2 Å². The Labute approximate surface area is 139 Å².